The minimum atomic E-state index is -0.265. The first-order valence-electron chi connectivity index (χ1n) is 7.38. The number of hydrogen-bond acceptors (Lipinski definition) is 2. The molecule has 0 bridgehead atoms. The van der Waals surface area contributed by atoms with E-state index >= 15 is 0 Å². The zero-order chi connectivity index (χ0) is 14.7. The Kier molecular flexibility index (Phi) is 5.21. The zero-order valence-electron chi connectivity index (χ0n) is 13.5. The van der Waals surface area contributed by atoms with Crippen molar-refractivity contribution >= 4 is 5.78 Å². The number of Topliss-reactive ketones (excluding diaryl/α,β-unsaturated/α-hetero) is 1. The van der Waals surface area contributed by atoms with Crippen LogP contribution in [0.1, 0.15) is 59.8 Å². The number of rotatable bonds is 3. The molecule has 1 fully saturated rings. The Morgan fingerprint density at radius 3 is 2.21 bits per heavy atom. The van der Waals surface area contributed by atoms with E-state index in [-0.39, 0.29) is 11.0 Å². The largest absolute Gasteiger partial charge is 0.297 e. The minimum absolute atomic E-state index is 0.0212. The van der Waals surface area contributed by atoms with E-state index < -0.39 is 0 Å². The van der Waals surface area contributed by atoms with Gasteiger partial charge in [0.15, 0.2) is 5.78 Å². The summed E-state index contributed by atoms with van der Waals surface area (Å²) >= 11 is 0. The maximum Gasteiger partial charge on any atom is 0.164 e. The summed E-state index contributed by atoms with van der Waals surface area (Å²) in [5.41, 5.74) is -0.286. The monoisotopic (exact) mass is 263 g/mol. The molecule has 0 N–H and O–H groups in total. The molecule has 0 amide bonds. The van der Waals surface area contributed by atoms with Crippen LogP contribution in [-0.4, -0.2) is 30.3 Å². The lowest BCUT2D eigenvalue weighted by Crippen LogP contribution is -2.53. The van der Waals surface area contributed by atoms with Crippen LogP contribution in [0.2, 0.25) is 0 Å². The zero-order valence-corrected chi connectivity index (χ0v) is 13.5. The lowest BCUT2D eigenvalue weighted by atomic mass is 9.73. The molecule has 0 saturated heterocycles. The fraction of sp³-hybridized carbons (Fsp3) is 0.824. The van der Waals surface area contributed by atoms with Gasteiger partial charge in [-0.05, 0) is 66.5 Å². The van der Waals surface area contributed by atoms with Gasteiger partial charge in [-0.15, -0.1) is 0 Å². The minimum Gasteiger partial charge on any atom is -0.297 e. The van der Waals surface area contributed by atoms with Gasteiger partial charge in [0.25, 0.3) is 0 Å². The molecular weight excluding hydrogens is 234 g/mol. The molecule has 0 spiro atoms. The number of nitrogens with zero attached hydrogens (tertiary/aromatic N) is 1. The van der Waals surface area contributed by atoms with Crippen LogP contribution in [0.4, 0.5) is 0 Å². The highest BCUT2D eigenvalue weighted by atomic mass is 16.1. The summed E-state index contributed by atoms with van der Waals surface area (Å²) in [5.74, 6) is 7.31. The van der Waals surface area contributed by atoms with Gasteiger partial charge in [-0.1, -0.05) is 18.8 Å². The molecular formula is C17H29NO. The first-order valence-corrected chi connectivity index (χ1v) is 7.38. The summed E-state index contributed by atoms with van der Waals surface area (Å²) in [6, 6.07) is 0. The molecule has 0 aliphatic heterocycles. The normalized spacial score (nSPS) is 27.8. The number of likely N-dealkylation sites (N-methyl/N-ethyl adjacent to an activating group) is 1. The highest BCUT2D eigenvalue weighted by Crippen LogP contribution is 2.36. The van der Waals surface area contributed by atoms with Crippen LogP contribution < -0.4 is 0 Å². The summed E-state index contributed by atoms with van der Waals surface area (Å²) in [5, 5.41) is 0. The van der Waals surface area contributed by atoms with Crippen molar-refractivity contribution in [3.8, 4) is 11.8 Å². The smallest absolute Gasteiger partial charge is 0.164 e. The number of carbonyl (C=O) groups excluding carboxylic acids is 1. The van der Waals surface area contributed by atoms with Gasteiger partial charge in [0.1, 0.15) is 0 Å². The highest BCUT2D eigenvalue weighted by Gasteiger charge is 2.41. The summed E-state index contributed by atoms with van der Waals surface area (Å²) in [7, 11) is 4.07. The molecule has 1 rings (SSSR count). The molecule has 0 aromatic heterocycles. The van der Waals surface area contributed by atoms with Gasteiger partial charge in [0.05, 0.1) is 12.0 Å². The van der Waals surface area contributed by atoms with Gasteiger partial charge in [0.2, 0.25) is 0 Å². The second-order valence-corrected chi connectivity index (χ2v) is 7.26. The van der Waals surface area contributed by atoms with Crippen molar-refractivity contribution in [3.63, 3.8) is 0 Å². The summed E-state index contributed by atoms with van der Waals surface area (Å²) in [4.78, 5) is 14.7. The number of carbonyl (C=O) groups is 1. The summed E-state index contributed by atoms with van der Waals surface area (Å²) < 4.78 is 0. The third-order valence-corrected chi connectivity index (χ3v) is 4.19. The van der Waals surface area contributed by atoms with Crippen LogP contribution in [-0.2, 0) is 4.79 Å². The van der Waals surface area contributed by atoms with E-state index in [1.807, 2.05) is 14.1 Å². The van der Waals surface area contributed by atoms with Crippen LogP contribution in [0.15, 0.2) is 0 Å². The van der Waals surface area contributed by atoms with Gasteiger partial charge in [0, 0.05) is 5.41 Å². The standard InChI is InChI=1S/C17H29NO/c1-14-9-12-17(13-10-14,18(5)6)15(19)8-7-11-16(2,3)4/h14H,8-10,12-13H2,1-6H3. The Bertz CT molecular complexity index is 370. The van der Waals surface area contributed by atoms with Crippen molar-refractivity contribution < 1.29 is 4.79 Å². The van der Waals surface area contributed by atoms with Crippen molar-refractivity contribution in [1.82, 2.24) is 4.90 Å². The molecule has 0 atom stereocenters. The maximum absolute atomic E-state index is 12.6. The molecule has 0 aromatic rings. The molecule has 0 radical (unpaired) electrons. The predicted molar refractivity (Wildman–Crippen MR) is 80.9 cm³/mol. The molecule has 2 nitrogen and oxygen atoms in total. The van der Waals surface area contributed by atoms with E-state index in [4.69, 9.17) is 0 Å². The van der Waals surface area contributed by atoms with Crippen molar-refractivity contribution in [2.75, 3.05) is 14.1 Å². The Hall–Kier alpha value is -0.810. The van der Waals surface area contributed by atoms with Crippen LogP contribution in [0.3, 0.4) is 0 Å². The fourth-order valence-corrected chi connectivity index (χ4v) is 2.77. The average Bonchev–Trinajstić information content (AvgIpc) is 2.28. The fourth-order valence-electron chi connectivity index (χ4n) is 2.77. The number of hydrogen-bond donors (Lipinski definition) is 0. The molecule has 0 heterocycles. The van der Waals surface area contributed by atoms with Crippen molar-refractivity contribution in [2.45, 2.75) is 65.3 Å². The molecule has 1 aliphatic rings. The van der Waals surface area contributed by atoms with E-state index in [1.54, 1.807) is 0 Å². The van der Waals surface area contributed by atoms with Crippen LogP contribution in [0.5, 0.6) is 0 Å². The maximum atomic E-state index is 12.6. The second-order valence-electron chi connectivity index (χ2n) is 7.26. The van der Waals surface area contributed by atoms with E-state index in [0.717, 1.165) is 31.6 Å². The van der Waals surface area contributed by atoms with Gasteiger partial charge in [-0.3, -0.25) is 9.69 Å². The Morgan fingerprint density at radius 1 is 1.26 bits per heavy atom. The van der Waals surface area contributed by atoms with Crippen molar-refractivity contribution in [3.05, 3.63) is 0 Å². The number of ketones is 1. The predicted octanol–water partition coefficient (Wildman–Crippen LogP) is 3.51. The van der Waals surface area contributed by atoms with Crippen LogP contribution >= 0.6 is 0 Å². The van der Waals surface area contributed by atoms with E-state index in [0.29, 0.717) is 12.2 Å². The average molecular weight is 263 g/mol. The lowest BCUT2D eigenvalue weighted by molar-refractivity contribution is -0.131. The molecule has 2 heteroatoms. The van der Waals surface area contributed by atoms with Gasteiger partial charge >= 0.3 is 0 Å². The third-order valence-electron chi connectivity index (χ3n) is 4.19. The Morgan fingerprint density at radius 2 is 1.79 bits per heavy atom. The van der Waals surface area contributed by atoms with E-state index in [2.05, 4.69) is 44.4 Å². The lowest BCUT2D eigenvalue weighted by Gasteiger charge is -2.43. The second kappa shape index (κ2) is 6.09. The van der Waals surface area contributed by atoms with Crippen LogP contribution in [0.25, 0.3) is 0 Å². The van der Waals surface area contributed by atoms with Crippen LogP contribution in [0, 0.1) is 23.2 Å². The summed E-state index contributed by atoms with van der Waals surface area (Å²) in [6.07, 6.45) is 4.66. The third kappa shape index (κ3) is 4.35. The quantitative estimate of drug-likeness (QED) is 0.726. The van der Waals surface area contributed by atoms with Gasteiger partial charge in [-0.25, -0.2) is 0 Å². The molecule has 108 valence electrons. The summed E-state index contributed by atoms with van der Waals surface area (Å²) in [6.45, 7) is 8.51. The Labute approximate surface area is 118 Å². The first-order chi connectivity index (χ1) is 8.67. The molecule has 0 unspecified atom stereocenters. The topological polar surface area (TPSA) is 20.3 Å². The SMILES string of the molecule is CC1CCC(C(=O)CC#CC(C)(C)C)(N(C)C)CC1. The Balaban J connectivity index is 2.77. The molecule has 19 heavy (non-hydrogen) atoms. The van der Waals surface area contributed by atoms with Crippen molar-refractivity contribution in [2.24, 2.45) is 11.3 Å². The van der Waals surface area contributed by atoms with Gasteiger partial charge < -0.3 is 0 Å². The highest BCUT2D eigenvalue weighted by molar-refractivity contribution is 5.90. The first kappa shape index (κ1) is 16.2. The van der Waals surface area contributed by atoms with E-state index in [1.165, 1.54) is 0 Å². The van der Waals surface area contributed by atoms with E-state index in [9.17, 15) is 4.79 Å². The molecule has 0 aromatic carbocycles. The van der Waals surface area contributed by atoms with Crippen molar-refractivity contribution in [1.29, 1.82) is 0 Å². The van der Waals surface area contributed by atoms with Gasteiger partial charge in [-0.2, -0.15) is 0 Å². The molecule has 1 aliphatic carbocycles. The molecule has 1 saturated carbocycles.